The third-order valence-electron chi connectivity index (χ3n) is 4.45. The van der Waals surface area contributed by atoms with Crippen molar-refractivity contribution in [1.29, 1.82) is 0 Å². The molecule has 2 aliphatic rings. The van der Waals surface area contributed by atoms with Gasteiger partial charge in [-0.05, 0) is 53.0 Å². The van der Waals surface area contributed by atoms with Gasteiger partial charge in [0, 0.05) is 43.8 Å². The molecule has 2 fully saturated rings. The molecule has 0 bridgehead atoms. The van der Waals surface area contributed by atoms with Crippen LogP contribution in [0.1, 0.15) is 40.0 Å². The number of rotatable bonds is 9. The van der Waals surface area contributed by atoms with E-state index in [2.05, 4.69) is 38.0 Å². The van der Waals surface area contributed by atoms with E-state index >= 15 is 0 Å². The summed E-state index contributed by atoms with van der Waals surface area (Å²) in [6, 6.07) is 0. The van der Waals surface area contributed by atoms with Gasteiger partial charge in [-0.1, -0.05) is 0 Å². The maximum Gasteiger partial charge on any atom is 0.0593 e. The number of likely N-dealkylation sites (N-methyl/N-ethyl adjacent to an activating group) is 1. The summed E-state index contributed by atoms with van der Waals surface area (Å²) in [5.74, 6) is 0.862. The van der Waals surface area contributed by atoms with Crippen molar-refractivity contribution in [2.45, 2.75) is 45.6 Å². The van der Waals surface area contributed by atoms with E-state index in [1.54, 1.807) is 0 Å². The summed E-state index contributed by atoms with van der Waals surface area (Å²) in [7, 11) is 2.21. The van der Waals surface area contributed by atoms with E-state index in [4.69, 9.17) is 9.47 Å². The van der Waals surface area contributed by atoms with Crippen LogP contribution in [0.4, 0.5) is 0 Å². The normalized spacial score (nSPS) is 26.7. The molecule has 2 rings (SSSR count). The van der Waals surface area contributed by atoms with Crippen molar-refractivity contribution in [3.8, 4) is 0 Å². The first-order chi connectivity index (χ1) is 9.89. The Kier molecular flexibility index (Phi) is 6.06. The highest BCUT2D eigenvalue weighted by Gasteiger charge is 2.36. The fourth-order valence-corrected chi connectivity index (χ4v) is 2.83. The Bertz CT molecular complexity index is 304. The number of ether oxygens (including phenoxy) is 2. The van der Waals surface area contributed by atoms with E-state index in [9.17, 15) is 0 Å². The molecule has 1 saturated carbocycles. The molecule has 21 heavy (non-hydrogen) atoms. The lowest BCUT2D eigenvalue weighted by Crippen LogP contribution is -2.49. The maximum atomic E-state index is 5.75. The molecule has 1 heterocycles. The molecule has 0 spiro atoms. The molecule has 1 aliphatic heterocycles. The van der Waals surface area contributed by atoms with Crippen LogP contribution in [0.15, 0.2) is 0 Å². The topological polar surface area (TPSA) is 33.7 Å². The molecule has 1 N–H and O–H groups in total. The third kappa shape index (κ3) is 6.64. The van der Waals surface area contributed by atoms with Crippen molar-refractivity contribution in [3.05, 3.63) is 0 Å². The van der Waals surface area contributed by atoms with Crippen LogP contribution in [0.3, 0.4) is 0 Å². The molecule has 0 aromatic carbocycles. The Morgan fingerprint density at radius 2 is 2.10 bits per heavy atom. The Morgan fingerprint density at radius 3 is 2.67 bits per heavy atom. The van der Waals surface area contributed by atoms with Crippen molar-refractivity contribution in [1.82, 2.24) is 10.2 Å². The molecule has 1 saturated heterocycles. The second-order valence-electron chi connectivity index (χ2n) is 8.16. The molecule has 4 heteroatoms. The monoisotopic (exact) mass is 298 g/mol. The zero-order valence-corrected chi connectivity index (χ0v) is 14.4. The van der Waals surface area contributed by atoms with E-state index < -0.39 is 0 Å². The van der Waals surface area contributed by atoms with Crippen LogP contribution in [0.5, 0.6) is 0 Å². The Hall–Kier alpha value is -0.160. The first-order valence-electron chi connectivity index (χ1n) is 8.48. The van der Waals surface area contributed by atoms with Gasteiger partial charge in [-0.25, -0.2) is 0 Å². The number of hydrogen-bond donors (Lipinski definition) is 1. The van der Waals surface area contributed by atoms with Crippen LogP contribution in [0, 0.1) is 11.3 Å². The SMILES string of the molecule is CN(CCOCC1CC1)CC1(CNC(C)(C)C)CCOC1. The van der Waals surface area contributed by atoms with Gasteiger partial charge in [-0.15, -0.1) is 0 Å². The van der Waals surface area contributed by atoms with Crippen LogP contribution in [0.2, 0.25) is 0 Å². The molecule has 1 aliphatic carbocycles. The Labute approximate surface area is 130 Å². The summed E-state index contributed by atoms with van der Waals surface area (Å²) in [6.45, 7) is 13.4. The highest BCUT2D eigenvalue weighted by atomic mass is 16.5. The van der Waals surface area contributed by atoms with E-state index in [-0.39, 0.29) is 11.0 Å². The lowest BCUT2D eigenvalue weighted by Gasteiger charge is -2.35. The Balaban J connectivity index is 1.69. The summed E-state index contributed by atoms with van der Waals surface area (Å²) in [6.07, 6.45) is 3.90. The molecule has 4 nitrogen and oxygen atoms in total. The molecule has 0 amide bonds. The highest BCUT2D eigenvalue weighted by molar-refractivity contribution is 4.90. The fourth-order valence-electron chi connectivity index (χ4n) is 2.83. The molecule has 0 radical (unpaired) electrons. The zero-order valence-electron chi connectivity index (χ0n) is 14.4. The second kappa shape index (κ2) is 7.40. The van der Waals surface area contributed by atoms with Crippen molar-refractivity contribution >= 4 is 0 Å². The van der Waals surface area contributed by atoms with Crippen LogP contribution in [-0.4, -0.2) is 63.5 Å². The lowest BCUT2D eigenvalue weighted by molar-refractivity contribution is 0.0761. The van der Waals surface area contributed by atoms with Crippen molar-refractivity contribution in [2.75, 3.05) is 53.1 Å². The predicted molar refractivity (Wildman–Crippen MR) is 86.7 cm³/mol. The maximum absolute atomic E-state index is 5.75. The minimum atomic E-state index is 0.168. The van der Waals surface area contributed by atoms with Crippen molar-refractivity contribution in [2.24, 2.45) is 11.3 Å². The van der Waals surface area contributed by atoms with Crippen LogP contribution in [0.25, 0.3) is 0 Å². The summed E-state index contributed by atoms with van der Waals surface area (Å²) in [5, 5.41) is 3.66. The van der Waals surface area contributed by atoms with E-state index in [0.717, 1.165) is 58.4 Å². The summed E-state index contributed by atoms with van der Waals surface area (Å²) < 4.78 is 11.4. The molecule has 0 aromatic rings. The minimum absolute atomic E-state index is 0.168. The van der Waals surface area contributed by atoms with Crippen LogP contribution in [-0.2, 0) is 9.47 Å². The smallest absolute Gasteiger partial charge is 0.0593 e. The second-order valence-corrected chi connectivity index (χ2v) is 8.16. The molecule has 1 unspecified atom stereocenters. The van der Waals surface area contributed by atoms with E-state index in [1.807, 2.05) is 0 Å². The van der Waals surface area contributed by atoms with Crippen molar-refractivity contribution < 1.29 is 9.47 Å². The largest absolute Gasteiger partial charge is 0.381 e. The first-order valence-corrected chi connectivity index (χ1v) is 8.48. The number of nitrogens with one attached hydrogen (secondary N) is 1. The van der Waals surface area contributed by atoms with E-state index in [1.165, 1.54) is 12.8 Å². The summed E-state index contributed by atoms with van der Waals surface area (Å²) in [4.78, 5) is 2.41. The minimum Gasteiger partial charge on any atom is -0.381 e. The van der Waals surface area contributed by atoms with E-state index in [0.29, 0.717) is 0 Å². The van der Waals surface area contributed by atoms with Crippen molar-refractivity contribution in [3.63, 3.8) is 0 Å². The molecular formula is C17H34N2O2. The number of hydrogen-bond acceptors (Lipinski definition) is 4. The summed E-state index contributed by atoms with van der Waals surface area (Å²) in [5.41, 5.74) is 0.431. The standard InChI is InChI=1S/C17H34N2O2/c1-16(2,3)18-12-17(7-9-21-14-17)13-19(4)8-10-20-11-15-5-6-15/h15,18H,5-14H2,1-4H3. The Morgan fingerprint density at radius 1 is 1.33 bits per heavy atom. The van der Waals surface area contributed by atoms with Gasteiger partial charge in [0.15, 0.2) is 0 Å². The average molecular weight is 298 g/mol. The van der Waals surface area contributed by atoms with Gasteiger partial charge >= 0.3 is 0 Å². The molecular weight excluding hydrogens is 264 g/mol. The van der Waals surface area contributed by atoms with Gasteiger partial charge in [-0.3, -0.25) is 0 Å². The number of nitrogens with zero attached hydrogens (tertiary/aromatic N) is 1. The van der Waals surface area contributed by atoms with Gasteiger partial charge in [0.25, 0.3) is 0 Å². The van der Waals surface area contributed by atoms with Crippen LogP contribution < -0.4 is 5.32 Å². The molecule has 0 aromatic heterocycles. The predicted octanol–water partition coefficient (Wildman–Crippen LogP) is 2.14. The van der Waals surface area contributed by atoms with Gasteiger partial charge in [0.1, 0.15) is 0 Å². The first kappa shape index (κ1) is 17.2. The quantitative estimate of drug-likeness (QED) is 0.661. The van der Waals surface area contributed by atoms with Gasteiger partial charge < -0.3 is 19.7 Å². The zero-order chi connectivity index (χ0) is 15.3. The lowest BCUT2D eigenvalue weighted by atomic mass is 9.85. The van der Waals surface area contributed by atoms with Gasteiger partial charge in [0.05, 0.1) is 13.2 Å². The van der Waals surface area contributed by atoms with Crippen LogP contribution >= 0.6 is 0 Å². The third-order valence-corrected chi connectivity index (χ3v) is 4.45. The fraction of sp³-hybridized carbons (Fsp3) is 1.00. The average Bonchev–Trinajstić information content (AvgIpc) is 3.11. The molecule has 1 atom stereocenters. The van der Waals surface area contributed by atoms with Gasteiger partial charge in [-0.2, -0.15) is 0 Å². The highest BCUT2D eigenvalue weighted by Crippen LogP contribution is 2.30. The molecule has 124 valence electrons. The summed E-state index contributed by atoms with van der Waals surface area (Å²) >= 11 is 0. The van der Waals surface area contributed by atoms with Gasteiger partial charge in [0.2, 0.25) is 0 Å².